The van der Waals surface area contributed by atoms with E-state index in [4.69, 9.17) is 11.6 Å². The molecule has 0 aliphatic carbocycles. The third-order valence-corrected chi connectivity index (χ3v) is 6.68. The van der Waals surface area contributed by atoms with E-state index in [2.05, 4.69) is 0 Å². The average Bonchev–Trinajstić information content (AvgIpc) is 2.58. The number of halogens is 2. The Bertz CT molecular complexity index is 821. The van der Waals surface area contributed by atoms with Crippen molar-refractivity contribution in [2.75, 3.05) is 26.2 Å². The molecule has 0 radical (unpaired) electrons. The molecule has 4 nitrogen and oxygen atoms in total. The van der Waals surface area contributed by atoms with Gasteiger partial charge in [-0.15, -0.1) is 0 Å². The molecule has 1 N–H and O–H groups in total. The van der Waals surface area contributed by atoms with E-state index in [1.807, 2.05) is 6.07 Å². The van der Waals surface area contributed by atoms with Gasteiger partial charge >= 0.3 is 0 Å². The fourth-order valence-corrected chi connectivity index (χ4v) is 4.86. The van der Waals surface area contributed by atoms with Crippen LogP contribution in [-0.2, 0) is 16.6 Å². The molecule has 1 aliphatic rings. The van der Waals surface area contributed by atoms with Gasteiger partial charge in [0.25, 0.3) is 0 Å². The fraction of sp³-hybridized carbons (Fsp3) is 0.294. The molecule has 0 amide bonds. The molecule has 1 heterocycles. The second-order valence-corrected chi connectivity index (χ2v) is 8.17. The molecule has 1 saturated heterocycles. The number of hydrogen-bond donors (Lipinski definition) is 1. The summed E-state index contributed by atoms with van der Waals surface area (Å²) in [5.74, 6) is -0.212. The maximum absolute atomic E-state index is 13.7. The van der Waals surface area contributed by atoms with E-state index < -0.39 is 10.0 Å². The summed E-state index contributed by atoms with van der Waals surface area (Å²) in [6.45, 7) is 2.64. The number of piperazine rings is 1. The third-order valence-electron chi connectivity index (χ3n) is 4.28. The number of hydrogen-bond acceptors (Lipinski definition) is 2. The lowest BCUT2D eigenvalue weighted by Crippen LogP contribution is -3.13. The first-order valence-corrected chi connectivity index (χ1v) is 9.62. The topological polar surface area (TPSA) is 41.8 Å². The Balaban J connectivity index is 1.67. The number of nitrogens with one attached hydrogen (secondary N) is 1. The Hall–Kier alpha value is -1.47. The smallest absolute Gasteiger partial charge is 0.244 e. The van der Waals surface area contributed by atoms with Gasteiger partial charge in [0, 0.05) is 5.56 Å². The van der Waals surface area contributed by atoms with Gasteiger partial charge in [-0.3, -0.25) is 0 Å². The molecule has 0 aromatic heterocycles. The van der Waals surface area contributed by atoms with Crippen molar-refractivity contribution < 1.29 is 17.7 Å². The minimum atomic E-state index is -3.58. The largest absolute Gasteiger partial charge is 0.329 e. The highest BCUT2D eigenvalue weighted by Gasteiger charge is 2.31. The van der Waals surface area contributed by atoms with Crippen LogP contribution in [0.1, 0.15) is 5.56 Å². The van der Waals surface area contributed by atoms with Crippen molar-refractivity contribution in [2.24, 2.45) is 0 Å². The van der Waals surface area contributed by atoms with Gasteiger partial charge in [-0.05, 0) is 18.2 Å². The standard InChI is InChI=1S/C17H18ClFN2O2S/c18-15-6-2-4-8-17(15)24(22,23)21-11-9-20(10-12-21)13-14-5-1-3-7-16(14)19/h1-8H,9-13H2/p+1. The van der Waals surface area contributed by atoms with Crippen molar-refractivity contribution in [3.8, 4) is 0 Å². The van der Waals surface area contributed by atoms with Crippen molar-refractivity contribution in [1.82, 2.24) is 4.31 Å². The molecule has 0 unspecified atom stereocenters. The first-order chi connectivity index (χ1) is 11.5. The number of rotatable bonds is 4. The molecule has 0 atom stereocenters. The summed E-state index contributed by atoms with van der Waals surface area (Å²) in [6.07, 6.45) is 0. The van der Waals surface area contributed by atoms with E-state index in [9.17, 15) is 12.8 Å². The Morgan fingerprint density at radius 2 is 1.67 bits per heavy atom. The van der Waals surface area contributed by atoms with Gasteiger partial charge < -0.3 is 4.90 Å². The number of sulfonamides is 1. The molecule has 7 heteroatoms. The first-order valence-electron chi connectivity index (χ1n) is 7.80. The summed E-state index contributed by atoms with van der Waals surface area (Å²) >= 11 is 6.03. The quantitative estimate of drug-likeness (QED) is 0.888. The van der Waals surface area contributed by atoms with E-state index in [0.29, 0.717) is 38.3 Å². The minimum absolute atomic E-state index is 0.143. The zero-order valence-corrected chi connectivity index (χ0v) is 14.7. The van der Waals surface area contributed by atoms with E-state index in [1.165, 1.54) is 21.3 Å². The predicted molar refractivity (Wildman–Crippen MR) is 91.0 cm³/mol. The zero-order chi connectivity index (χ0) is 17.2. The lowest BCUT2D eigenvalue weighted by atomic mass is 10.2. The van der Waals surface area contributed by atoms with E-state index in [1.54, 1.807) is 30.3 Å². The monoisotopic (exact) mass is 369 g/mol. The molecule has 3 rings (SSSR count). The van der Waals surface area contributed by atoms with Gasteiger partial charge in [0.2, 0.25) is 10.0 Å². The van der Waals surface area contributed by atoms with Gasteiger partial charge in [0.05, 0.1) is 31.2 Å². The second kappa shape index (κ2) is 7.19. The molecule has 0 bridgehead atoms. The Morgan fingerprint density at radius 1 is 1.04 bits per heavy atom. The van der Waals surface area contributed by atoms with Crippen molar-refractivity contribution >= 4 is 21.6 Å². The summed E-state index contributed by atoms with van der Waals surface area (Å²) in [7, 11) is -3.58. The van der Waals surface area contributed by atoms with Crippen LogP contribution in [0.5, 0.6) is 0 Å². The van der Waals surface area contributed by atoms with Crippen LogP contribution in [0.15, 0.2) is 53.4 Å². The van der Waals surface area contributed by atoms with Crippen LogP contribution >= 0.6 is 11.6 Å². The van der Waals surface area contributed by atoms with Gasteiger partial charge in [-0.25, -0.2) is 12.8 Å². The maximum Gasteiger partial charge on any atom is 0.244 e. The third kappa shape index (κ3) is 3.62. The highest BCUT2D eigenvalue weighted by Crippen LogP contribution is 2.24. The predicted octanol–water partition coefficient (Wildman–Crippen LogP) is 1.57. The summed E-state index contributed by atoms with van der Waals surface area (Å²) < 4.78 is 40.6. The Morgan fingerprint density at radius 3 is 2.33 bits per heavy atom. The van der Waals surface area contributed by atoms with Gasteiger partial charge in [0.1, 0.15) is 17.3 Å². The summed E-state index contributed by atoms with van der Waals surface area (Å²) in [5, 5.41) is 0.235. The van der Waals surface area contributed by atoms with Crippen molar-refractivity contribution in [3.63, 3.8) is 0 Å². The van der Waals surface area contributed by atoms with Crippen LogP contribution in [0.25, 0.3) is 0 Å². The lowest BCUT2D eigenvalue weighted by molar-refractivity contribution is -0.917. The van der Waals surface area contributed by atoms with Crippen LogP contribution in [0.4, 0.5) is 4.39 Å². The van der Waals surface area contributed by atoms with Crippen LogP contribution in [-0.4, -0.2) is 38.9 Å². The SMILES string of the molecule is O=S(=O)(c1ccccc1Cl)N1CC[NH+](Cc2ccccc2F)CC1. The number of benzene rings is 2. The van der Waals surface area contributed by atoms with Gasteiger partial charge in [-0.2, -0.15) is 4.31 Å². The summed E-state index contributed by atoms with van der Waals surface area (Å²) in [5.41, 5.74) is 0.662. The molecule has 1 aliphatic heterocycles. The highest BCUT2D eigenvalue weighted by molar-refractivity contribution is 7.89. The lowest BCUT2D eigenvalue weighted by Gasteiger charge is -2.31. The maximum atomic E-state index is 13.7. The fourth-order valence-electron chi connectivity index (χ4n) is 2.92. The van der Waals surface area contributed by atoms with Crippen LogP contribution in [0.2, 0.25) is 5.02 Å². The average molecular weight is 370 g/mol. The molecule has 24 heavy (non-hydrogen) atoms. The second-order valence-electron chi connectivity index (χ2n) is 5.85. The Kier molecular flexibility index (Phi) is 5.20. The van der Waals surface area contributed by atoms with Crippen LogP contribution < -0.4 is 4.90 Å². The molecule has 0 saturated carbocycles. The van der Waals surface area contributed by atoms with Gasteiger partial charge in [-0.1, -0.05) is 41.9 Å². The number of quaternary nitrogens is 1. The van der Waals surface area contributed by atoms with E-state index >= 15 is 0 Å². The number of nitrogens with zero attached hydrogens (tertiary/aromatic N) is 1. The van der Waals surface area contributed by atoms with Crippen LogP contribution in [0, 0.1) is 5.82 Å². The minimum Gasteiger partial charge on any atom is -0.329 e. The molecular formula is C17H19ClFN2O2S+. The van der Waals surface area contributed by atoms with Crippen LogP contribution in [0.3, 0.4) is 0 Å². The van der Waals surface area contributed by atoms with E-state index in [0.717, 1.165) is 0 Å². The van der Waals surface area contributed by atoms with Crippen molar-refractivity contribution in [2.45, 2.75) is 11.4 Å². The zero-order valence-electron chi connectivity index (χ0n) is 13.1. The summed E-state index contributed by atoms with van der Waals surface area (Å²) in [4.78, 5) is 1.31. The molecule has 128 valence electrons. The molecule has 0 spiro atoms. The molecule has 2 aromatic rings. The first kappa shape index (κ1) is 17.4. The van der Waals surface area contributed by atoms with E-state index in [-0.39, 0.29) is 15.7 Å². The molecule has 1 fully saturated rings. The Labute approximate surface area is 146 Å². The molecular weight excluding hydrogens is 351 g/mol. The normalized spacial score (nSPS) is 17.1. The highest BCUT2D eigenvalue weighted by atomic mass is 35.5. The molecule has 2 aromatic carbocycles. The van der Waals surface area contributed by atoms with Crippen molar-refractivity contribution in [1.29, 1.82) is 0 Å². The summed E-state index contributed by atoms with van der Waals surface area (Å²) in [6, 6.07) is 13.2. The van der Waals surface area contributed by atoms with Gasteiger partial charge in [0.15, 0.2) is 0 Å². The van der Waals surface area contributed by atoms with Crippen molar-refractivity contribution in [3.05, 3.63) is 64.9 Å².